The lowest BCUT2D eigenvalue weighted by molar-refractivity contribution is -0.138. The Labute approximate surface area is 149 Å². The Bertz CT molecular complexity index is 599. The molecule has 0 radical (unpaired) electrons. The average Bonchev–Trinajstić information content (AvgIpc) is 3.34. The Morgan fingerprint density at radius 1 is 1.20 bits per heavy atom. The van der Waals surface area contributed by atoms with Crippen LogP contribution in [0, 0.1) is 17.8 Å². The number of hydrogen-bond donors (Lipinski definition) is 2. The first kappa shape index (κ1) is 16.9. The molecular weight excluding hydrogens is 318 g/mol. The number of fused-ring (bicyclic) bond motifs is 2. The lowest BCUT2D eigenvalue weighted by Gasteiger charge is -2.30. The van der Waals surface area contributed by atoms with Crippen LogP contribution in [0.3, 0.4) is 0 Å². The summed E-state index contributed by atoms with van der Waals surface area (Å²) in [5.41, 5.74) is -0.748. The Hall–Kier alpha value is -1.59. The zero-order valence-electron chi connectivity index (χ0n) is 15.2. The molecule has 4 aliphatic rings. The molecule has 6 nitrogen and oxygen atoms in total. The summed E-state index contributed by atoms with van der Waals surface area (Å²) in [7, 11) is 0. The van der Waals surface area contributed by atoms with Crippen LogP contribution < -0.4 is 10.6 Å². The highest BCUT2D eigenvalue weighted by molar-refractivity contribution is 6.09. The van der Waals surface area contributed by atoms with Crippen LogP contribution in [-0.2, 0) is 9.59 Å². The SMILES string of the molecule is CC(NC(=O)C(C)N1C(=O)NC2(CCCC2)C1=O)C1CC2CCC1C2. The second kappa shape index (κ2) is 5.99. The second-order valence-electron chi connectivity index (χ2n) is 8.71. The van der Waals surface area contributed by atoms with Gasteiger partial charge in [-0.1, -0.05) is 19.3 Å². The first-order chi connectivity index (χ1) is 11.9. The maximum absolute atomic E-state index is 12.8. The number of rotatable bonds is 4. The minimum absolute atomic E-state index is 0.103. The van der Waals surface area contributed by atoms with Crippen LogP contribution in [0.2, 0.25) is 0 Å². The zero-order chi connectivity index (χ0) is 17.8. The van der Waals surface area contributed by atoms with Gasteiger partial charge in [-0.15, -0.1) is 0 Å². The monoisotopic (exact) mass is 347 g/mol. The van der Waals surface area contributed by atoms with Crippen LogP contribution in [0.4, 0.5) is 4.79 Å². The third kappa shape index (κ3) is 2.64. The highest BCUT2D eigenvalue weighted by atomic mass is 16.2. The van der Waals surface area contributed by atoms with Gasteiger partial charge in [-0.2, -0.15) is 0 Å². The number of amides is 4. The summed E-state index contributed by atoms with van der Waals surface area (Å²) in [6.45, 7) is 3.73. The maximum atomic E-state index is 12.8. The molecule has 1 heterocycles. The molecule has 6 heteroatoms. The molecule has 0 aromatic rings. The Morgan fingerprint density at radius 3 is 2.52 bits per heavy atom. The zero-order valence-corrected chi connectivity index (χ0v) is 15.2. The van der Waals surface area contributed by atoms with Gasteiger partial charge in [0.1, 0.15) is 11.6 Å². The summed E-state index contributed by atoms with van der Waals surface area (Å²) < 4.78 is 0. The summed E-state index contributed by atoms with van der Waals surface area (Å²) in [5.74, 6) is 1.67. The third-order valence-electron chi connectivity index (χ3n) is 7.22. The van der Waals surface area contributed by atoms with E-state index in [9.17, 15) is 14.4 Å². The van der Waals surface area contributed by atoms with Crippen molar-refractivity contribution in [2.75, 3.05) is 0 Å². The Kier molecular flexibility index (Phi) is 4.04. The number of urea groups is 1. The predicted octanol–water partition coefficient (Wildman–Crippen LogP) is 2.18. The third-order valence-corrected chi connectivity index (χ3v) is 7.22. The van der Waals surface area contributed by atoms with Gasteiger partial charge in [-0.05, 0) is 63.7 Å². The normalized spacial score (nSPS) is 35.3. The van der Waals surface area contributed by atoms with Crippen LogP contribution in [-0.4, -0.2) is 40.4 Å². The number of carbonyl (C=O) groups excluding carboxylic acids is 3. The number of carbonyl (C=O) groups is 3. The summed E-state index contributed by atoms with van der Waals surface area (Å²) in [5, 5.41) is 5.94. The van der Waals surface area contributed by atoms with Crippen molar-refractivity contribution in [3.05, 3.63) is 0 Å². The van der Waals surface area contributed by atoms with Crippen LogP contribution in [0.15, 0.2) is 0 Å². The van der Waals surface area contributed by atoms with Gasteiger partial charge in [0.25, 0.3) is 5.91 Å². The van der Waals surface area contributed by atoms with E-state index in [2.05, 4.69) is 17.6 Å². The molecule has 5 unspecified atom stereocenters. The lowest BCUT2D eigenvalue weighted by Crippen LogP contribution is -2.52. The minimum atomic E-state index is -0.756. The van der Waals surface area contributed by atoms with Crippen molar-refractivity contribution in [1.29, 1.82) is 0 Å². The Morgan fingerprint density at radius 2 is 1.92 bits per heavy atom. The van der Waals surface area contributed by atoms with Crippen molar-refractivity contribution in [2.24, 2.45) is 17.8 Å². The predicted molar refractivity (Wildman–Crippen MR) is 92.6 cm³/mol. The molecule has 0 aromatic carbocycles. The topological polar surface area (TPSA) is 78.5 Å². The van der Waals surface area contributed by atoms with Gasteiger partial charge in [0.05, 0.1) is 0 Å². The molecule has 138 valence electrons. The van der Waals surface area contributed by atoms with Crippen LogP contribution in [0.5, 0.6) is 0 Å². The van der Waals surface area contributed by atoms with E-state index in [-0.39, 0.29) is 17.9 Å². The standard InChI is InChI=1S/C19H29N3O3/c1-11(15-10-13-5-6-14(15)9-13)20-16(23)12(2)22-17(24)19(21-18(22)25)7-3-4-8-19/h11-15H,3-10H2,1-2H3,(H,20,23)(H,21,25). The van der Waals surface area contributed by atoms with E-state index in [0.29, 0.717) is 18.8 Å². The van der Waals surface area contributed by atoms with Crippen molar-refractivity contribution >= 4 is 17.8 Å². The van der Waals surface area contributed by atoms with Gasteiger partial charge in [0.15, 0.2) is 0 Å². The molecule has 4 fully saturated rings. The van der Waals surface area contributed by atoms with Gasteiger partial charge in [-0.25, -0.2) is 9.69 Å². The molecule has 4 amide bonds. The molecular formula is C19H29N3O3. The molecule has 2 bridgehead atoms. The second-order valence-corrected chi connectivity index (χ2v) is 8.71. The Balaban J connectivity index is 1.40. The van der Waals surface area contributed by atoms with Crippen LogP contribution in [0.25, 0.3) is 0 Å². The molecule has 3 aliphatic carbocycles. The first-order valence-corrected chi connectivity index (χ1v) is 9.87. The highest BCUT2D eigenvalue weighted by Crippen LogP contribution is 2.49. The molecule has 1 spiro atoms. The summed E-state index contributed by atoms with van der Waals surface area (Å²) in [4.78, 5) is 39.0. The van der Waals surface area contributed by atoms with Crippen LogP contribution in [0.1, 0.15) is 65.2 Å². The molecule has 5 atom stereocenters. The van der Waals surface area contributed by atoms with Gasteiger partial charge in [0, 0.05) is 6.04 Å². The van der Waals surface area contributed by atoms with Crippen molar-refractivity contribution in [3.63, 3.8) is 0 Å². The van der Waals surface area contributed by atoms with Gasteiger partial charge >= 0.3 is 6.03 Å². The summed E-state index contributed by atoms with van der Waals surface area (Å²) in [6, 6.07) is -1.07. The number of nitrogens with zero attached hydrogens (tertiary/aromatic N) is 1. The van der Waals surface area contributed by atoms with Crippen molar-refractivity contribution in [3.8, 4) is 0 Å². The summed E-state index contributed by atoms with van der Waals surface area (Å²) in [6.07, 6.45) is 8.38. The van der Waals surface area contributed by atoms with E-state index >= 15 is 0 Å². The minimum Gasteiger partial charge on any atom is -0.352 e. The molecule has 3 saturated carbocycles. The van der Waals surface area contributed by atoms with Crippen molar-refractivity contribution < 1.29 is 14.4 Å². The quantitative estimate of drug-likeness (QED) is 0.765. The van der Waals surface area contributed by atoms with Gasteiger partial charge in [-0.3, -0.25) is 9.59 Å². The number of nitrogens with one attached hydrogen (secondary N) is 2. The average molecular weight is 347 g/mol. The van der Waals surface area contributed by atoms with E-state index in [4.69, 9.17) is 0 Å². The molecule has 0 aromatic heterocycles. The smallest absolute Gasteiger partial charge is 0.325 e. The fraction of sp³-hybridized carbons (Fsp3) is 0.842. The number of imide groups is 1. The molecule has 1 aliphatic heterocycles. The van der Waals surface area contributed by atoms with Gasteiger partial charge < -0.3 is 10.6 Å². The first-order valence-electron chi connectivity index (χ1n) is 9.87. The summed E-state index contributed by atoms with van der Waals surface area (Å²) >= 11 is 0. The van der Waals surface area contributed by atoms with E-state index < -0.39 is 17.6 Å². The fourth-order valence-electron chi connectivity index (χ4n) is 5.79. The highest BCUT2D eigenvalue weighted by Gasteiger charge is 2.54. The van der Waals surface area contributed by atoms with Crippen molar-refractivity contribution in [2.45, 2.75) is 82.8 Å². The van der Waals surface area contributed by atoms with E-state index in [0.717, 1.165) is 29.6 Å². The molecule has 2 N–H and O–H groups in total. The van der Waals surface area contributed by atoms with E-state index in [1.54, 1.807) is 6.92 Å². The largest absolute Gasteiger partial charge is 0.352 e. The van der Waals surface area contributed by atoms with Gasteiger partial charge in [0.2, 0.25) is 5.91 Å². The number of hydrogen-bond acceptors (Lipinski definition) is 3. The molecule has 25 heavy (non-hydrogen) atoms. The maximum Gasteiger partial charge on any atom is 0.325 e. The van der Waals surface area contributed by atoms with E-state index in [1.165, 1.54) is 25.7 Å². The van der Waals surface area contributed by atoms with Crippen molar-refractivity contribution in [1.82, 2.24) is 15.5 Å². The van der Waals surface area contributed by atoms with Crippen LogP contribution >= 0.6 is 0 Å². The van der Waals surface area contributed by atoms with E-state index in [1.807, 2.05) is 0 Å². The lowest BCUT2D eigenvalue weighted by atomic mass is 9.84. The molecule has 1 saturated heterocycles. The fourth-order valence-corrected chi connectivity index (χ4v) is 5.79. The molecule has 4 rings (SSSR count).